The van der Waals surface area contributed by atoms with Crippen LogP contribution in [0.4, 0.5) is 23.2 Å². The van der Waals surface area contributed by atoms with Crippen molar-refractivity contribution in [3.8, 4) is 5.75 Å². The lowest BCUT2D eigenvalue weighted by atomic mass is 9.76. The van der Waals surface area contributed by atoms with E-state index in [1.165, 1.54) is 33.1 Å². The molecule has 12 heteroatoms. The number of rotatable bonds is 6. The Hall–Kier alpha value is -2.96. The molecule has 0 radical (unpaired) electrons. The molecule has 0 aliphatic carbocycles. The number of ether oxygens (including phenoxy) is 2. The van der Waals surface area contributed by atoms with Gasteiger partial charge in [-0.1, -0.05) is 13.0 Å². The van der Waals surface area contributed by atoms with E-state index in [0.717, 1.165) is 25.3 Å². The van der Waals surface area contributed by atoms with E-state index in [-0.39, 0.29) is 33.0 Å². The number of nitrogens with zero attached hydrogens (tertiary/aromatic N) is 1. The third-order valence-corrected chi connectivity index (χ3v) is 6.59. The molecule has 35 heavy (non-hydrogen) atoms. The van der Waals surface area contributed by atoms with Crippen LogP contribution in [-0.4, -0.2) is 47.7 Å². The van der Waals surface area contributed by atoms with Gasteiger partial charge in [0.05, 0.1) is 19.4 Å². The Morgan fingerprint density at radius 3 is 2.60 bits per heavy atom. The highest BCUT2D eigenvalue weighted by atomic mass is 19.4. The summed E-state index contributed by atoms with van der Waals surface area (Å²) in [6.45, 7) is 2.78. The predicted molar refractivity (Wildman–Crippen MR) is 115 cm³/mol. The van der Waals surface area contributed by atoms with E-state index >= 15 is 0 Å². The van der Waals surface area contributed by atoms with Gasteiger partial charge in [-0.3, -0.25) is 4.79 Å². The first-order chi connectivity index (χ1) is 16.3. The summed E-state index contributed by atoms with van der Waals surface area (Å²) in [5, 5.41) is 33.2. The summed E-state index contributed by atoms with van der Waals surface area (Å²) in [5.74, 6) is -4.01. The molecule has 1 aliphatic rings. The molecule has 1 aliphatic heterocycles. The smallest absolute Gasteiger partial charge is 0.417 e. The second-order valence-electron chi connectivity index (χ2n) is 8.61. The minimum atomic E-state index is -4.83. The van der Waals surface area contributed by atoms with Crippen molar-refractivity contribution >= 4 is 11.6 Å². The van der Waals surface area contributed by atoms with Gasteiger partial charge in [0, 0.05) is 35.1 Å². The number of aliphatic hydroxyl groups is 2. The number of hydrogen-bond donors (Lipinski definition) is 3. The molecule has 8 nitrogen and oxygen atoms in total. The molecule has 3 N–H and O–H groups in total. The van der Waals surface area contributed by atoms with Crippen LogP contribution in [0.1, 0.15) is 42.7 Å². The molecular weight excluding hydrogens is 476 g/mol. The first-order valence-corrected chi connectivity index (χ1v) is 10.7. The van der Waals surface area contributed by atoms with Crippen LogP contribution >= 0.6 is 0 Å². The standard InChI is InChI=1S/C23H26F4N2O6/c1-11-15(24)6-5-14(19(11)34-4)18-12(2)22(3,23(25,26)27)35-20(18)21(32)28-13-7-8-29(33)16(9-13)17(31)10-30/h5-9,12,17-18,20,30-31H,10H2,1-4H3,(H,28,32)/t12-,17-,18-,20+,22+/m1/s1. The lowest BCUT2D eigenvalue weighted by Gasteiger charge is -2.32. The van der Waals surface area contributed by atoms with Crippen molar-refractivity contribution in [3.63, 3.8) is 0 Å². The minimum absolute atomic E-state index is 0.00939. The number of alkyl halides is 3. The fraction of sp³-hybridized carbons (Fsp3) is 0.478. The molecule has 0 saturated carbocycles. The molecule has 0 unspecified atom stereocenters. The number of halogens is 4. The molecule has 1 aromatic heterocycles. The molecule has 1 amide bonds. The molecule has 1 aromatic carbocycles. The molecule has 0 spiro atoms. The van der Waals surface area contributed by atoms with Gasteiger partial charge in [-0.15, -0.1) is 0 Å². The van der Waals surface area contributed by atoms with E-state index in [1.807, 2.05) is 0 Å². The Balaban J connectivity index is 2.06. The summed E-state index contributed by atoms with van der Waals surface area (Å²) in [5.41, 5.74) is -2.75. The second kappa shape index (κ2) is 9.59. The molecule has 1 fully saturated rings. The normalized spacial score (nSPS) is 25.4. The maximum absolute atomic E-state index is 14.1. The third-order valence-electron chi connectivity index (χ3n) is 6.59. The summed E-state index contributed by atoms with van der Waals surface area (Å²) in [6.07, 6.45) is -7.08. The average Bonchev–Trinajstić information content (AvgIpc) is 3.08. The van der Waals surface area contributed by atoms with Crippen LogP contribution < -0.4 is 14.8 Å². The van der Waals surface area contributed by atoms with Gasteiger partial charge in [0.15, 0.2) is 17.9 Å². The van der Waals surface area contributed by atoms with Gasteiger partial charge >= 0.3 is 6.18 Å². The first kappa shape index (κ1) is 26.6. The Bertz CT molecular complexity index is 1110. The number of pyridine rings is 1. The molecule has 192 valence electrons. The number of aliphatic hydroxyl groups excluding tert-OH is 2. The van der Waals surface area contributed by atoms with E-state index in [0.29, 0.717) is 0 Å². The number of benzene rings is 1. The minimum Gasteiger partial charge on any atom is -0.618 e. The SMILES string of the molecule is COc1c([C@@H]2[C@@H](C(=O)Nc3cc[n+]([O-])c([C@H](O)CO)c3)O[C@](C)(C(F)(F)F)[C@@H]2C)ccc(F)c1C. The van der Waals surface area contributed by atoms with Crippen molar-refractivity contribution in [1.82, 2.24) is 0 Å². The van der Waals surface area contributed by atoms with Crippen molar-refractivity contribution in [1.29, 1.82) is 0 Å². The number of aromatic nitrogens is 1. The zero-order chi connectivity index (χ0) is 26.3. The van der Waals surface area contributed by atoms with Crippen LogP contribution in [0.15, 0.2) is 30.5 Å². The summed E-state index contributed by atoms with van der Waals surface area (Å²) < 4.78 is 67.3. The van der Waals surface area contributed by atoms with Crippen molar-refractivity contribution in [2.24, 2.45) is 5.92 Å². The lowest BCUT2D eigenvalue weighted by molar-refractivity contribution is -0.618. The first-order valence-electron chi connectivity index (χ1n) is 10.7. The van der Waals surface area contributed by atoms with Crippen LogP contribution in [0.3, 0.4) is 0 Å². The van der Waals surface area contributed by atoms with Gasteiger partial charge in [-0.2, -0.15) is 17.9 Å². The van der Waals surface area contributed by atoms with Gasteiger partial charge in [0.1, 0.15) is 17.7 Å². The maximum Gasteiger partial charge on any atom is 0.417 e. The van der Waals surface area contributed by atoms with Crippen molar-refractivity contribution in [2.75, 3.05) is 19.0 Å². The summed E-state index contributed by atoms with van der Waals surface area (Å²) in [7, 11) is 1.25. The number of methoxy groups -OCH3 is 1. The average molecular weight is 502 g/mol. The Morgan fingerprint density at radius 1 is 1.37 bits per heavy atom. The van der Waals surface area contributed by atoms with Gasteiger partial charge in [-0.05, 0) is 19.9 Å². The number of anilines is 1. The molecule has 0 bridgehead atoms. The van der Waals surface area contributed by atoms with E-state index in [2.05, 4.69) is 5.32 Å². The Morgan fingerprint density at radius 2 is 2.03 bits per heavy atom. The van der Waals surface area contributed by atoms with Crippen molar-refractivity contribution < 1.29 is 46.8 Å². The lowest BCUT2D eigenvalue weighted by Crippen LogP contribution is -2.47. The quantitative estimate of drug-likeness (QED) is 0.318. The maximum atomic E-state index is 14.1. The summed E-state index contributed by atoms with van der Waals surface area (Å²) in [6, 6.07) is 4.62. The molecule has 1 saturated heterocycles. The van der Waals surface area contributed by atoms with Crippen LogP contribution in [0.25, 0.3) is 0 Å². The summed E-state index contributed by atoms with van der Waals surface area (Å²) in [4.78, 5) is 13.2. The zero-order valence-electron chi connectivity index (χ0n) is 19.4. The number of nitrogens with one attached hydrogen (secondary N) is 1. The Kier molecular flexibility index (Phi) is 7.30. The zero-order valence-corrected chi connectivity index (χ0v) is 19.4. The van der Waals surface area contributed by atoms with Gasteiger partial charge < -0.3 is 30.2 Å². The number of hydrogen-bond acceptors (Lipinski definition) is 6. The van der Waals surface area contributed by atoms with Crippen molar-refractivity contribution in [2.45, 2.75) is 50.7 Å². The number of carbonyl (C=O) groups is 1. The molecule has 2 aromatic rings. The van der Waals surface area contributed by atoms with Gasteiger partial charge in [0.2, 0.25) is 5.69 Å². The van der Waals surface area contributed by atoms with E-state index in [9.17, 15) is 32.7 Å². The highest BCUT2D eigenvalue weighted by Gasteiger charge is 2.65. The fourth-order valence-corrected chi connectivity index (χ4v) is 4.38. The van der Waals surface area contributed by atoms with Crippen LogP contribution in [0, 0.1) is 23.9 Å². The van der Waals surface area contributed by atoms with E-state index < -0.39 is 54.2 Å². The molecule has 3 rings (SSSR count). The largest absolute Gasteiger partial charge is 0.618 e. The fourth-order valence-electron chi connectivity index (χ4n) is 4.38. The number of amides is 1. The summed E-state index contributed by atoms with van der Waals surface area (Å²) >= 11 is 0. The highest BCUT2D eigenvalue weighted by molar-refractivity contribution is 5.95. The molecule has 2 heterocycles. The van der Waals surface area contributed by atoms with Gasteiger partial charge in [-0.25, -0.2) is 4.39 Å². The topological polar surface area (TPSA) is 115 Å². The predicted octanol–water partition coefficient (Wildman–Crippen LogP) is 2.88. The monoisotopic (exact) mass is 502 g/mol. The molecular formula is C23H26F4N2O6. The number of carbonyl (C=O) groups excluding carboxylic acids is 1. The van der Waals surface area contributed by atoms with E-state index in [1.54, 1.807) is 0 Å². The molecule has 5 atom stereocenters. The van der Waals surface area contributed by atoms with E-state index in [4.69, 9.17) is 14.6 Å². The second-order valence-corrected chi connectivity index (χ2v) is 8.61. The van der Waals surface area contributed by atoms with Crippen molar-refractivity contribution in [3.05, 3.63) is 58.3 Å². The third kappa shape index (κ3) is 4.65. The Labute approximate surface area is 198 Å². The van der Waals surface area contributed by atoms with Gasteiger partial charge in [0.25, 0.3) is 5.91 Å². The highest BCUT2D eigenvalue weighted by Crippen LogP contribution is 2.55. The van der Waals surface area contributed by atoms with Crippen LogP contribution in [0.2, 0.25) is 0 Å². The van der Waals surface area contributed by atoms with Crippen LogP contribution in [-0.2, 0) is 9.53 Å². The van der Waals surface area contributed by atoms with Crippen LogP contribution in [0.5, 0.6) is 5.75 Å².